The smallest absolute Gasteiger partial charge is 0.254 e. The van der Waals surface area contributed by atoms with Gasteiger partial charge in [-0.15, -0.1) is 11.3 Å². The second-order valence-electron chi connectivity index (χ2n) is 9.67. The quantitative estimate of drug-likeness (QED) is 0.603. The lowest BCUT2D eigenvalue weighted by Gasteiger charge is -2.42. The molecule has 4 rings (SSSR count). The van der Waals surface area contributed by atoms with Crippen molar-refractivity contribution in [2.24, 2.45) is 5.92 Å². The van der Waals surface area contributed by atoms with Gasteiger partial charge in [0.25, 0.3) is 5.91 Å². The number of carbonyl (C=O) groups is 2. The number of fused-ring (bicyclic) bond motifs is 1. The fraction of sp³-hybridized carbons (Fsp3) is 0.538. The maximum absolute atomic E-state index is 13.6. The summed E-state index contributed by atoms with van der Waals surface area (Å²) in [5.41, 5.74) is 1.50. The van der Waals surface area contributed by atoms with Crippen LogP contribution in [0, 0.1) is 5.92 Å². The summed E-state index contributed by atoms with van der Waals surface area (Å²) in [6, 6.07) is 11.4. The Balaban J connectivity index is 1.52. The van der Waals surface area contributed by atoms with Gasteiger partial charge in [-0.05, 0) is 49.0 Å². The maximum Gasteiger partial charge on any atom is 0.254 e. The highest BCUT2D eigenvalue weighted by Gasteiger charge is 2.44. The molecule has 0 spiro atoms. The Hall–Kier alpha value is -2.22. The van der Waals surface area contributed by atoms with Gasteiger partial charge in [0.1, 0.15) is 0 Å². The number of piperazine rings is 1. The van der Waals surface area contributed by atoms with E-state index in [-0.39, 0.29) is 17.9 Å². The maximum atomic E-state index is 13.6. The molecule has 2 aliphatic rings. The van der Waals surface area contributed by atoms with E-state index in [9.17, 15) is 9.59 Å². The molecule has 6 nitrogen and oxygen atoms in total. The zero-order chi connectivity index (χ0) is 23.4. The van der Waals surface area contributed by atoms with E-state index in [4.69, 9.17) is 0 Å². The summed E-state index contributed by atoms with van der Waals surface area (Å²) in [4.78, 5) is 34.9. The third kappa shape index (κ3) is 5.48. The van der Waals surface area contributed by atoms with Crippen LogP contribution in [0.25, 0.3) is 0 Å². The third-order valence-corrected chi connectivity index (χ3v) is 7.61. The fourth-order valence-corrected chi connectivity index (χ4v) is 5.82. The third-order valence-electron chi connectivity index (χ3n) is 6.66. The van der Waals surface area contributed by atoms with Gasteiger partial charge in [-0.1, -0.05) is 38.1 Å². The number of rotatable bonds is 8. The van der Waals surface area contributed by atoms with Crippen LogP contribution in [0.3, 0.4) is 0 Å². The first-order chi connectivity index (χ1) is 16.0. The van der Waals surface area contributed by atoms with Crippen molar-refractivity contribution in [3.63, 3.8) is 0 Å². The summed E-state index contributed by atoms with van der Waals surface area (Å²) < 4.78 is 0. The molecule has 3 heterocycles. The molecule has 0 saturated carbocycles. The molecule has 7 heteroatoms. The summed E-state index contributed by atoms with van der Waals surface area (Å²) in [6.45, 7) is 10.9. The summed E-state index contributed by atoms with van der Waals surface area (Å²) >= 11 is 1.62. The van der Waals surface area contributed by atoms with Gasteiger partial charge >= 0.3 is 0 Å². The van der Waals surface area contributed by atoms with Crippen molar-refractivity contribution in [2.45, 2.75) is 32.2 Å². The lowest BCUT2D eigenvalue weighted by atomic mass is 9.81. The molecule has 0 aliphatic carbocycles. The van der Waals surface area contributed by atoms with Crippen LogP contribution in [-0.2, 0) is 4.79 Å². The SMILES string of the molecule is CC(C)CN1C(=O)c2ccccc2[C@H](C(=O)NCCCN2CCN(C)CC2)[C@H]1c1cccs1. The molecule has 1 aromatic heterocycles. The van der Waals surface area contributed by atoms with Crippen LogP contribution in [0.2, 0.25) is 0 Å². The highest BCUT2D eigenvalue weighted by molar-refractivity contribution is 7.10. The molecule has 178 valence electrons. The molecule has 2 aliphatic heterocycles. The highest BCUT2D eigenvalue weighted by Crippen LogP contribution is 2.44. The number of likely N-dealkylation sites (N-methyl/N-ethyl adjacent to an activating group) is 1. The number of benzene rings is 1. The normalized spacial score (nSPS) is 21.9. The summed E-state index contributed by atoms with van der Waals surface area (Å²) in [5, 5.41) is 5.24. The van der Waals surface area contributed by atoms with Crippen molar-refractivity contribution in [1.29, 1.82) is 0 Å². The summed E-state index contributed by atoms with van der Waals surface area (Å²) in [5.74, 6) is -0.0498. The van der Waals surface area contributed by atoms with E-state index in [1.807, 2.05) is 40.6 Å². The predicted molar refractivity (Wildman–Crippen MR) is 134 cm³/mol. The average molecular weight is 469 g/mol. The molecule has 33 heavy (non-hydrogen) atoms. The van der Waals surface area contributed by atoms with Crippen LogP contribution in [0.4, 0.5) is 0 Å². The van der Waals surface area contributed by atoms with Gasteiger partial charge in [-0.2, -0.15) is 0 Å². The van der Waals surface area contributed by atoms with Crippen molar-refractivity contribution >= 4 is 23.2 Å². The Morgan fingerprint density at radius 3 is 2.58 bits per heavy atom. The van der Waals surface area contributed by atoms with Gasteiger partial charge in [0.15, 0.2) is 0 Å². The van der Waals surface area contributed by atoms with Gasteiger partial charge in [-0.3, -0.25) is 9.59 Å². The zero-order valence-electron chi connectivity index (χ0n) is 20.0. The first kappa shape index (κ1) is 23.9. The lowest BCUT2D eigenvalue weighted by Crippen LogP contribution is -2.48. The molecule has 1 saturated heterocycles. The Morgan fingerprint density at radius 2 is 1.88 bits per heavy atom. The molecule has 2 atom stereocenters. The molecular formula is C26H36N4O2S. The number of nitrogens with zero attached hydrogens (tertiary/aromatic N) is 3. The summed E-state index contributed by atoms with van der Waals surface area (Å²) in [7, 11) is 2.16. The second-order valence-corrected chi connectivity index (χ2v) is 10.6. The molecule has 2 aromatic rings. The van der Waals surface area contributed by atoms with Crippen molar-refractivity contribution in [3.8, 4) is 0 Å². The Morgan fingerprint density at radius 1 is 1.12 bits per heavy atom. The molecule has 1 fully saturated rings. The van der Waals surface area contributed by atoms with Gasteiger partial charge in [0.2, 0.25) is 5.91 Å². The highest BCUT2D eigenvalue weighted by atomic mass is 32.1. The van der Waals surface area contributed by atoms with E-state index in [1.54, 1.807) is 11.3 Å². The Kier molecular flexibility index (Phi) is 7.83. The Bertz CT molecular complexity index is 938. The minimum absolute atomic E-state index is 0.0143. The van der Waals surface area contributed by atoms with Crippen LogP contribution in [-0.4, -0.2) is 79.4 Å². The van der Waals surface area contributed by atoms with E-state index in [0.717, 1.165) is 49.6 Å². The lowest BCUT2D eigenvalue weighted by molar-refractivity contribution is -0.124. The first-order valence-electron chi connectivity index (χ1n) is 12.1. The second kappa shape index (κ2) is 10.8. The predicted octanol–water partition coefficient (Wildman–Crippen LogP) is 3.44. The molecule has 0 unspecified atom stereocenters. The average Bonchev–Trinajstić information content (AvgIpc) is 3.33. The number of carbonyl (C=O) groups excluding carboxylic acids is 2. The number of nitrogens with one attached hydrogen (secondary N) is 1. The number of hydrogen-bond acceptors (Lipinski definition) is 5. The van der Waals surface area contributed by atoms with E-state index in [1.165, 1.54) is 0 Å². The minimum Gasteiger partial charge on any atom is -0.355 e. The first-order valence-corrected chi connectivity index (χ1v) is 13.0. The molecule has 1 aromatic carbocycles. The fourth-order valence-electron chi connectivity index (χ4n) is 4.94. The number of amides is 2. The van der Waals surface area contributed by atoms with Crippen molar-refractivity contribution < 1.29 is 9.59 Å². The molecule has 2 amide bonds. The van der Waals surface area contributed by atoms with Crippen molar-refractivity contribution in [3.05, 3.63) is 57.8 Å². The van der Waals surface area contributed by atoms with Gasteiger partial charge in [0, 0.05) is 49.7 Å². The number of thiophene rings is 1. The van der Waals surface area contributed by atoms with Gasteiger partial charge in [0.05, 0.1) is 12.0 Å². The van der Waals surface area contributed by atoms with E-state index in [0.29, 0.717) is 24.6 Å². The standard InChI is InChI=1S/C26H36N4O2S/c1-19(2)18-30-24(22-10-6-17-33-22)23(20-8-4-5-9-21(20)26(30)32)25(31)27-11-7-12-29-15-13-28(3)14-16-29/h4-6,8-10,17,19,23-24H,7,11-16,18H2,1-3H3,(H,27,31)/t23-,24+/m0/s1. The summed E-state index contributed by atoms with van der Waals surface area (Å²) in [6.07, 6.45) is 0.933. The zero-order valence-corrected chi connectivity index (χ0v) is 20.8. The van der Waals surface area contributed by atoms with E-state index in [2.05, 4.69) is 42.1 Å². The van der Waals surface area contributed by atoms with Crippen molar-refractivity contribution in [1.82, 2.24) is 20.0 Å². The largest absolute Gasteiger partial charge is 0.355 e. The molecular weight excluding hydrogens is 432 g/mol. The van der Waals surface area contributed by atoms with Crippen molar-refractivity contribution in [2.75, 3.05) is 52.9 Å². The topological polar surface area (TPSA) is 55.9 Å². The van der Waals surface area contributed by atoms with E-state index < -0.39 is 5.92 Å². The monoisotopic (exact) mass is 468 g/mol. The van der Waals surface area contributed by atoms with Crippen LogP contribution in [0.5, 0.6) is 0 Å². The van der Waals surface area contributed by atoms with Gasteiger partial charge < -0.3 is 20.0 Å². The van der Waals surface area contributed by atoms with Crippen LogP contribution in [0.1, 0.15) is 53.0 Å². The molecule has 1 N–H and O–H groups in total. The number of hydrogen-bond donors (Lipinski definition) is 1. The molecule has 0 radical (unpaired) electrons. The van der Waals surface area contributed by atoms with Crippen LogP contribution < -0.4 is 5.32 Å². The van der Waals surface area contributed by atoms with E-state index >= 15 is 0 Å². The van der Waals surface area contributed by atoms with Crippen LogP contribution >= 0.6 is 11.3 Å². The Labute approximate surface area is 201 Å². The molecule has 0 bridgehead atoms. The minimum atomic E-state index is -0.403. The van der Waals surface area contributed by atoms with Crippen LogP contribution in [0.15, 0.2) is 41.8 Å². The van der Waals surface area contributed by atoms with Gasteiger partial charge in [-0.25, -0.2) is 0 Å².